The predicted molar refractivity (Wildman–Crippen MR) is 96.0 cm³/mol. The van der Waals surface area contributed by atoms with Crippen LogP contribution in [0.5, 0.6) is 0 Å². The van der Waals surface area contributed by atoms with Crippen LogP contribution >= 0.6 is 0 Å². The zero-order valence-corrected chi connectivity index (χ0v) is 14.7. The molecule has 2 atom stereocenters. The highest BCUT2D eigenvalue weighted by Gasteiger charge is 2.22. The van der Waals surface area contributed by atoms with Crippen molar-refractivity contribution < 1.29 is 9.90 Å². The summed E-state index contributed by atoms with van der Waals surface area (Å²) in [4.78, 5) is 16.4. The van der Waals surface area contributed by atoms with E-state index in [0.717, 1.165) is 37.7 Å². The van der Waals surface area contributed by atoms with E-state index in [-0.39, 0.29) is 12.0 Å². The number of hydrogen-bond donors (Lipinski definition) is 2. The second-order valence-electron chi connectivity index (χ2n) is 6.83. The Labute approximate surface area is 148 Å². The maximum atomic E-state index is 12.2. The molecule has 1 saturated carbocycles. The normalized spacial score (nSPS) is 20.4. The standard InChI is InChI=1S/C19H26N4O2/c1-23-13-21-18(22-23)15-8-10-16(11-9-15)19(25)20-12-4-6-14-5-2-3-7-17(14)24/h8-11,13-14,17,24H,2-7,12H2,1H3,(H,20,25). The second kappa shape index (κ2) is 8.25. The number of amides is 1. The third-order valence-electron chi connectivity index (χ3n) is 4.91. The molecule has 0 spiro atoms. The Balaban J connectivity index is 1.45. The number of aliphatic hydroxyl groups is 1. The number of aromatic nitrogens is 3. The minimum atomic E-state index is -0.155. The Bertz CT molecular complexity index is 696. The summed E-state index contributed by atoms with van der Waals surface area (Å²) >= 11 is 0. The topological polar surface area (TPSA) is 80.0 Å². The van der Waals surface area contributed by atoms with Gasteiger partial charge in [-0.15, -0.1) is 0 Å². The summed E-state index contributed by atoms with van der Waals surface area (Å²) in [6.07, 6.45) is 7.77. The quantitative estimate of drug-likeness (QED) is 0.791. The molecule has 0 radical (unpaired) electrons. The summed E-state index contributed by atoms with van der Waals surface area (Å²) in [5, 5.41) is 17.2. The molecule has 3 rings (SSSR count). The lowest BCUT2D eigenvalue weighted by molar-refractivity contribution is 0.0641. The van der Waals surface area contributed by atoms with Gasteiger partial charge in [0.1, 0.15) is 6.33 Å². The first-order chi connectivity index (χ1) is 12.1. The van der Waals surface area contributed by atoms with Gasteiger partial charge in [-0.25, -0.2) is 4.98 Å². The van der Waals surface area contributed by atoms with Crippen molar-refractivity contribution in [2.75, 3.05) is 6.54 Å². The van der Waals surface area contributed by atoms with Gasteiger partial charge in [0.15, 0.2) is 5.82 Å². The molecule has 6 heteroatoms. The fourth-order valence-corrected chi connectivity index (χ4v) is 3.44. The van der Waals surface area contributed by atoms with Crippen LogP contribution in [0.2, 0.25) is 0 Å². The van der Waals surface area contributed by atoms with Gasteiger partial charge in [0, 0.05) is 24.7 Å². The summed E-state index contributed by atoms with van der Waals surface area (Å²) in [6, 6.07) is 7.32. The van der Waals surface area contributed by atoms with Crippen LogP contribution in [0.15, 0.2) is 30.6 Å². The van der Waals surface area contributed by atoms with Gasteiger partial charge < -0.3 is 10.4 Å². The van der Waals surface area contributed by atoms with E-state index < -0.39 is 0 Å². The Morgan fingerprint density at radius 3 is 2.72 bits per heavy atom. The second-order valence-corrected chi connectivity index (χ2v) is 6.83. The molecule has 0 bridgehead atoms. The Morgan fingerprint density at radius 1 is 1.28 bits per heavy atom. The Morgan fingerprint density at radius 2 is 2.04 bits per heavy atom. The van der Waals surface area contributed by atoms with Crippen LogP contribution in [-0.2, 0) is 7.05 Å². The third kappa shape index (κ3) is 4.66. The monoisotopic (exact) mass is 342 g/mol. The molecular weight excluding hydrogens is 316 g/mol. The molecule has 1 heterocycles. The molecular formula is C19H26N4O2. The highest BCUT2D eigenvalue weighted by atomic mass is 16.3. The van der Waals surface area contributed by atoms with Gasteiger partial charge in [-0.05, 0) is 43.7 Å². The van der Waals surface area contributed by atoms with E-state index in [1.807, 2.05) is 19.2 Å². The van der Waals surface area contributed by atoms with Gasteiger partial charge in [0.05, 0.1) is 6.10 Å². The van der Waals surface area contributed by atoms with Crippen molar-refractivity contribution in [2.45, 2.75) is 44.6 Å². The zero-order valence-electron chi connectivity index (χ0n) is 14.7. The lowest BCUT2D eigenvalue weighted by Crippen LogP contribution is -2.27. The number of nitrogens with zero attached hydrogens (tertiary/aromatic N) is 3. The summed E-state index contributed by atoms with van der Waals surface area (Å²) in [5.41, 5.74) is 1.53. The molecule has 1 aromatic heterocycles. The average Bonchev–Trinajstić information content (AvgIpc) is 3.06. The first-order valence-corrected chi connectivity index (χ1v) is 9.06. The van der Waals surface area contributed by atoms with Crippen molar-refractivity contribution in [3.05, 3.63) is 36.2 Å². The van der Waals surface area contributed by atoms with Crippen LogP contribution in [0.1, 0.15) is 48.9 Å². The molecule has 1 aliphatic carbocycles. The molecule has 2 N–H and O–H groups in total. The number of carbonyl (C=O) groups excluding carboxylic acids is 1. The summed E-state index contributed by atoms with van der Waals surface area (Å²) in [7, 11) is 1.82. The molecule has 1 fully saturated rings. The van der Waals surface area contributed by atoms with Crippen LogP contribution in [0.4, 0.5) is 0 Å². The Hall–Kier alpha value is -2.21. The van der Waals surface area contributed by atoms with E-state index in [2.05, 4.69) is 15.4 Å². The van der Waals surface area contributed by atoms with Crippen molar-refractivity contribution in [3.8, 4) is 11.4 Å². The van der Waals surface area contributed by atoms with Gasteiger partial charge in [-0.1, -0.05) is 25.0 Å². The maximum absolute atomic E-state index is 12.2. The molecule has 2 aromatic rings. The van der Waals surface area contributed by atoms with Gasteiger partial charge in [0.2, 0.25) is 0 Å². The molecule has 1 aromatic carbocycles. The van der Waals surface area contributed by atoms with Crippen LogP contribution in [0, 0.1) is 5.92 Å². The number of nitrogens with one attached hydrogen (secondary N) is 1. The SMILES string of the molecule is Cn1cnc(-c2ccc(C(=O)NCCCC3CCCCC3O)cc2)n1. The number of carbonyl (C=O) groups is 1. The molecule has 1 aliphatic rings. The van der Waals surface area contributed by atoms with Crippen molar-refractivity contribution in [1.82, 2.24) is 20.1 Å². The molecule has 0 aliphatic heterocycles. The fraction of sp³-hybridized carbons (Fsp3) is 0.526. The molecule has 2 unspecified atom stereocenters. The van der Waals surface area contributed by atoms with Crippen molar-refractivity contribution in [1.29, 1.82) is 0 Å². The molecule has 1 amide bonds. The Kier molecular flexibility index (Phi) is 5.81. The van der Waals surface area contributed by atoms with E-state index >= 15 is 0 Å². The van der Waals surface area contributed by atoms with E-state index in [1.54, 1.807) is 23.1 Å². The zero-order chi connectivity index (χ0) is 17.6. The molecule has 0 saturated heterocycles. The van der Waals surface area contributed by atoms with Crippen LogP contribution in [0.25, 0.3) is 11.4 Å². The number of benzene rings is 1. The smallest absolute Gasteiger partial charge is 0.251 e. The summed E-state index contributed by atoms with van der Waals surface area (Å²) in [6.45, 7) is 0.644. The minimum absolute atomic E-state index is 0.0651. The van der Waals surface area contributed by atoms with Crippen molar-refractivity contribution >= 4 is 5.91 Å². The van der Waals surface area contributed by atoms with Crippen LogP contribution < -0.4 is 5.32 Å². The fourth-order valence-electron chi connectivity index (χ4n) is 3.44. The van der Waals surface area contributed by atoms with Gasteiger partial charge in [-0.3, -0.25) is 9.48 Å². The highest BCUT2D eigenvalue weighted by Crippen LogP contribution is 2.27. The van der Waals surface area contributed by atoms with Crippen molar-refractivity contribution in [3.63, 3.8) is 0 Å². The first-order valence-electron chi connectivity index (χ1n) is 9.06. The van der Waals surface area contributed by atoms with Crippen molar-refractivity contribution in [2.24, 2.45) is 13.0 Å². The minimum Gasteiger partial charge on any atom is -0.393 e. The van der Waals surface area contributed by atoms with Crippen LogP contribution in [-0.4, -0.2) is 38.4 Å². The highest BCUT2D eigenvalue weighted by molar-refractivity contribution is 5.94. The number of aryl methyl sites for hydroxylation is 1. The first kappa shape index (κ1) is 17.6. The van der Waals surface area contributed by atoms with Gasteiger partial charge in [0.25, 0.3) is 5.91 Å². The number of hydrogen-bond acceptors (Lipinski definition) is 4. The number of rotatable bonds is 6. The van der Waals surface area contributed by atoms with E-state index in [9.17, 15) is 9.90 Å². The average molecular weight is 342 g/mol. The van der Waals surface area contributed by atoms with E-state index in [1.165, 1.54) is 6.42 Å². The van der Waals surface area contributed by atoms with E-state index in [4.69, 9.17) is 0 Å². The molecule has 6 nitrogen and oxygen atoms in total. The van der Waals surface area contributed by atoms with Gasteiger partial charge >= 0.3 is 0 Å². The lowest BCUT2D eigenvalue weighted by Gasteiger charge is -2.27. The molecule has 134 valence electrons. The number of aliphatic hydroxyl groups excluding tert-OH is 1. The van der Waals surface area contributed by atoms with E-state index in [0.29, 0.717) is 23.9 Å². The summed E-state index contributed by atoms with van der Waals surface area (Å²) < 4.78 is 1.65. The van der Waals surface area contributed by atoms with Crippen LogP contribution in [0.3, 0.4) is 0 Å². The third-order valence-corrected chi connectivity index (χ3v) is 4.91. The summed E-state index contributed by atoms with van der Waals surface area (Å²) in [5.74, 6) is 0.987. The van der Waals surface area contributed by atoms with Gasteiger partial charge in [-0.2, -0.15) is 5.10 Å². The largest absolute Gasteiger partial charge is 0.393 e. The lowest BCUT2D eigenvalue weighted by atomic mass is 9.83. The maximum Gasteiger partial charge on any atom is 0.251 e. The molecule has 25 heavy (non-hydrogen) atoms. The predicted octanol–water partition coefficient (Wildman–Crippen LogP) is 2.54.